The Balaban J connectivity index is 2.10. The van der Waals surface area contributed by atoms with E-state index in [1.54, 1.807) is 6.07 Å². The summed E-state index contributed by atoms with van der Waals surface area (Å²) in [5, 5.41) is 7.12. The molecule has 3 rings (SSSR count). The Bertz CT molecular complexity index is 759. The first-order valence-corrected chi connectivity index (χ1v) is 5.82. The van der Waals surface area contributed by atoms with E-state index in [-0.39, 0.29) is 17.0 Å². The van der Waals surface area contributed by atoms with Crippen LogP contribution in [0.5, 0.6) is 11.6 Å². The molecule has 3 aromatic rings. The molecule has 1 aromatic carbocycles. The number of aryl methyl sites for hydroxylation is 1. The van der Waals surface area contributed by atoms with Gasteiger partial charge in [-0.05, 0) is 30.2 Å². The zero-order valence-corrected chi connectivity index (χ0v) is 10.6. The van der Waals surface area contributed by atoms with E-state index in [2.05, 4.69) is 20.2 Å². The second kappa shape index (κ2) is 4.47. The Labute approximate surface area is 112 Å². The Morgan fingerprint density at radius 3 is 3.00 bits per heavy atom. The van der Waals surface area contributed by atoms with E-state index < -0.39 is 0 Å². The van der Waals surface area contributed by atoms with Gasteiger partial charge in [0.2, 0.25) is 11.2 Å². The number of aromatic amines is 1. The number of benzene rings is 1. The molecule has 0 radical (unpaired) electrons. The summed E-state index contributed by atoms with van der Waals surface area (Å²) in [5.41, 5.74) is 1.25. The molecule has 19 heavy (non-hydrogen) atoms. The predicted octanol–water partition coefficient (Wildman–Crippen LogP) is 3.25. The Morgan fingerprint density at radius 1 is 1.32 bits per heavy atom. The van der Waals surface area contributed by atoms with Gasteiger partial charge in [-0.1, -0.05) is 6.07 Å². The summed E-state index contributed by atoms with van der Waals surface area (Å²) in [6, 6.07) is 4.28. The maximum absolute atomic E-state index is 13.2. The molecule has 0 aliphatic heterocycles. The van der Waals surface area contributed by atoms with Crippen molar-refractivity contribution in [3.05, 3.63) is 41.1 Å². The zero-order valence-electron chi connectivity index (χ0n) is 9.82. The third kappa shape index (κ3) is 2.22. The van der Waals surface area contributed by atoms with Crippen LogP contribution in [0.1, 0.15) is 5.56 Å². The topological polar surface area (TPSA) is 63.7 Å². The van der Waals surface area contributed by atoms with Crippen molar-refractivity contribution in [2.45, 2.75) is 6.92 Å². The molecule has 2 aromatic heterocycles. The third-order valence-electron chi connectivity index (χ3n) is 2.60. The van der Waals surface area contributed by atoms with Crippen LogP contribution in [0.3, 0.4) is 0 Å². The first-order valence-electron chi connectivity index (χ1n) is 5.44. The molecule has 7 heteroatoms. The van der Waals surface area contributed by atoms with Crippen LogP contribution in [0.25, 0.3) is 11.0 Å². The van der Waals surface area contributed by atoms with E-state index in [1.807, 2.05) is 6.92 Å². The standard InChI is InChI=1S/C12H8ClFN4O/c1-6-2-3-7(14)4-9(6)19-11-8-5-15-18-10(8)16-12(13)17-11/h2-5H,1H3,(H,15,16,17,18). The van der Waals surface area contributed by atoms with Crippen molar-refractivity contribution >= 4 is 22.6 Å². The number of rotatable bonds is 2. The van der Waals surface area contributed by atoms with Crippen LogP contribution in [0.4, 0.5) is 4.39 Å². The highest BCUT2D eigenvalue weighted by atomic mass is 35.5. The van der Waals surface area contributed by atoms with Gasteiger partial charge in [0, 0.05) is 6.07 Å². The lowest BCUT2D eigenvalue weighted by Crippen LogP contribution is -1.94. The quantitative estimate of drug-likeness (QED) is 0.731. The van der Waals surface area contributed by atoms with E-state index in [0.29, 0.717) is 16.8 Å². The molecule has 5 nitrogen and oxygen atoms in total. The van der Waals surface area contributed by atoms with Crippen LogP contribution >= 0.6 is 11.6 Å². The highest BCUT2D eigenvalue weighted by molar-refractivity contribution is 6.28. The summed E-state index contributed by atoms with van der Waals surface area (Å²) in [4.78, 5) is 7.95. The fourth-order valence-electron chi connectivity index (χ4n) is 1.65. The van der Waals surface area contributed by atoms with Crippen LogP contribution in [0, 0.1) is 12.7 Å². The minimum atomic E-state index is -0.385. The second-order valence-electron chi connectivity index (χ2n) is 3.94. The van der Waals surface area contributed by atoms with Crippen LogP contribution in [0.15, 0.2) is 24.4 Å². The predicted molar refractivity (Wildman–Crippen MR) is 67.9 cm³/mol. The average Bonchev–Trinajstić information content (AvgIpc) is 2.82. The summed E-state index contributed by atoms with van der Waals surface area (Å²) in [6.45, 7) is 1.81. The van der Waals surface area contributed by atoms with Gasteiger partial charge in [-0.2, -0.15) is 15.1 Å². The molecule has 0 saturated heterocycles. The van der Waals surface area contributed by atoms with E-state index in [0.717, 1.165) is 5.56 Å². The first-order chi connectivity index (χ1) is 9.13. The van der Waals surface area contributed by atoms with Gasteiger partial charge in [0.25, 0.3) is 0 Å². The maximum atomic E-state index is 13.2. The highest BCUT2D eigenvalue weighted by Crippen LogP contribution is 2.29. The number of hydrogen-bond donors (Lipinski definition) is 1. The molecule has 0 unspecified atom stereocenters. The largest absolute Gasteiger partial charge is 0.438 e. The summed E-state index contributed by atoms with van der Waals surface area (Å²) in [7, 11) is 0. The summed E-state index contributed by atoms with van der Waals surface area (Å²) in [5.74, 6) is 0.221. The molecule has 1 N–H and O–H groups in total. The normalized spacial score (nSPS) is 10.9. The van der Waals surface area contributed by atoms with Gasteiger partial charge in [-0.15, -0.1) is 0 Å². The maximum Gasteiger partial charge on any atom is 0.234 e. The van der Waals surface area contributed by atoms with Gasteiger partial charge < -0.3 is 4.74 Å². The van der Waals surface area contributed by atoms with Gasteiger partial charge in [0.15, 0.2) is 5.65 Å². The Morgan fingerprint density at radius 2 is 2.16 bits per heavy atom. The van der Waals surface area contributed by atoms with E-state index in [4.69, 9.17) is 16.3 Å². The lowest BCUT2D eigenvalue weighted by atomic mass is 10.2. The zero-order chi connectivity index (χ0) is 13.4. The minimum Gasteiger partial charge on any atom is -0.438 e. The third-order valence-corrected chi connectivity index (χ3v) is 2.77. The molecule has 0 bridgehead atoms. The number of ether oxygens (including phenoxy) is 1. The number of nitrogens with one attached hydrogen (secondary N) is 1. The van der Waals surface area contributed by atoms with Gasteiger partial charge in [0.1, 0.15) is 17.0 Å². The lowest BCUT2D eigenvalue weighted by Gasteiger charge is -2.08. The van der Waals surface area contributed by atoms with E-state index in [9.17, 15) is 4.39 Å². The molecule has 0 fully saturated rings. The number of H-pyrrole nitrogens is 1. The SMILES string of the molecule is Cc1ccc(F)cc1Oc1nc(Cl)nc2[nH]ncc12. The first kappa shape index (κ1) is 11.9. The van der Waals surface area contributed by atoms with Gasteiger partial charge in [-0.25, -0.2) is 4.39 Å². The summed E-state index contributed by atoms with van der Waals surface area (Å²) < 4.78 is 18.8. The molecule has 2 heterocycles. The summed E-state index contributed by atoms with van der Waals surface area (Å²) >= 11 is 5.79. The molecule has 0 amide bonds. The lowest BCUT2D eigenvalue weighted by molar-refractivity contribution is 0.459. The Hall–Kier alpha value is -2.21. The van der Waals surface area contributed by atoms with Gasteiger partial charge in [-0.3, -0.25) is 5.10 Å². The van der Waals surface area contributed by atoms with Crippen molar-refractivity contribution in [3.8, 4) is 11.6 Å². The minimum absolute atomic E-state index is 0.0285. The van der Waals surface area contributed by atoms with Crippen molar-refractivity contribution in [1.82, 2.24) is 20.2 Å². The van der Waals surface area contributed by atoms with Crippen LogP contribution < -0.4 is 4.74 Å². The van der Waals surface area contributed by atoms with Crippen molar-refractivity contribution in [2.24, 2.45) is 0 Å². The highest BCUT2D eigenvalue weighted by Gasteiger charge is 2.12. The van der Waals surface area contributed by atoms with Crippen LogP contribution in [0.2, 0.25) is 5.28 Å². The van der Waals surface area contributed by atoms with Crippen molar-refractivity contribution < 1.29 is 9.13 Å². The number of hydrogen-bond acceptors (Lipinski definition) is 4. The summed E-state index contributed by atoms with van der Waals surface area (Å²) in [6.07, 6.45) is 1.52. The smallest absolute Gasteiger partial charge is 0.234 e. The molecule has 0 atom stereocenters. The molecule has 0 spiro atoms. The number of fused-ring (bicyclic) bond motifs is 1. The van der Waals surface area contributed by atoms with Crippen molar-refractivity contribution in [2.75, 3.05) is 0 Å². The number of halogens is 2. The van der Waals surface area contributed by atoms with Crippen molar-refractivity contribution in [1.29, 1.82) is 0 Å². The van der Waals surface area contributed by atoms with Crippen LogP contribution in [-0.4, -0.2) is 20.2 Å². The average molecular weight is 279 g/mol. The molecular weight excluding hydrogens is 271 g/mol. The number of nitrogens with zero attached hydrogens (tertiary/aromatic N) is 3. The van der Waals surface area contributed by atoms with E-state index in [1.165, 1.54) is 18.3 Å². The second-order valence-corrected chi connectivity index (χ2v) is 4.28. The fraction of sp³-hybridized carbons (Fsp3) is 0.0833. The Kier molecular flexibility index (Phi) is 2.79. The molecule has 0 saturated carbocycles. The molecule has 0 aliphatic rings. The molecule has 0 aliphatic carbocycles. The van der Waals surface area contributed by atoms with Crippen molar-refractivity contribution in [3.63, 3.8) is 0 Å². The van der Waals surface area contributed by atoms with Crippen LogP contribution in [-0.2, 0) is 0 Å². The monoisotopic (exact) mass is 278 g/mol. The van der Waals surface area contributed by atoms with E-state index >= 15 is 0 Å². The van der Waals surface area contributed by atoms with Gasteiger partial charge in [0.05, 0.1) is 6.20 Å². The molecule has 96 valence electrons. The van der Waals surface area contributed by atoms with Gasteiger partial charge >= 0.3 is 0 Å². The number of aromatic nitrogens is 4. The fourth-order valence-corrected chi connectivity index (χ4v) is 1.81. The molecular formula is C12H8ClFN4O.